The van der Waals surface area contributed by atoms with Crippen molar-refractivity contribution < 1.29 is 28.7 Å². The molecule has 0 aliphatic rings. The quantitative estimate of drug-likeness (QED) is 0.178. The molecule has 0 aliphatic carbocycles. The van der Waals surface area contributed by atoms with Crippen molar-refractivity contribution in [3.63, 3.8) is 0 Å². The van der Waals surface area contributed by atoms with Gasteiger partial charge in [0, 0.05) is 28.6 Å². The van der Waals surface area contributed by atoms with Crippen LogP contribution in [0.4, 0.5) is 0 Å². The molecule has 2 atom stereocenters. The van der Waals surface area contributed by atoms with E-state index < -0.39 is 28.9 Å². The molecule has 0 aliphatic heterocycles. The molecule has 0 bridgehead atoms. The van der Waals surface area contributed by atoms with Gasteiger partial charge >= 0.3 is 5.97 Å². The summed E-state index contributed by atoms with van der Waals surface area (Å²) in [5, 5.41) is 6.28. The molecule has 0 radical (unpaired) electrons. The van der Waals surface area contributed by atoms with E-state index in [0.717, 1.165) is 0 Å². The average Bonchev–Trinajstić information content (AvgIpc) is 2.99. The fraction of sp³-hybridized carbons (Fsp3) is 0.543. The molecule has 2 amide bonds. The molecule has 0 spiro atoms. The topological polar surface area (TPSA) is 111 Å². The number of ketones is 1. The van der Waals surface area contributed by atoms with Gasteiger partial charge in [-0.1, -0.05) is 73.9 Å². The zero-order chi connectivity index (χ0) is 34.3. The number of methoxy groups -OCH3 is 1. The van der Waals surface area contributed by atoms with Crippen molar-refractivity contribution in [3.05, 3.63) is 64.7 Å². The molecule has 0 heterocycles. The first-order valence-corrected chi connectivity index (χ1v) is 15.7. The zero-order valence-electron chi connectivity index (χ0n) is 28.6. The maximum Gasteiger partial charge on any atom is 0.328 e. The van der Waals surface area contributed by atoms with Crippen molar-refractivity contribution >= 4 is 35.2 Å². The van der Waals surface area contributed by atoms with Crippen LogP contribution in [0.2, 0.25) is 5.02 Å². The third-order valence-electron chi connectivity index (χ3n) is 6.66. The van der Waals surface area contributed by atoms with Crippen LogP contribution in [0.5, 0.6) is 5.75 Å². The number of carbonyl (C=O) groups is 4. The highest BCUT2D eigenvalue weighted by Gasteiger charge is 2.41. The molecule has 44 heavy (non-hydrogen) atoms. The molecule has 8 nitrogen and oxygen atoms in total. The maximum atomic E-state index is 13.3. The fourth-order valence-electron chi connectivity index (χ4n) is 4.35. The number of benzene rings is 2. The molecule has 2 aromatic carbocycles. The number of hydrogen-bond acceptors (Lipinski definition) is 6. The lowest BCUT2D eigenvalue weighted by molar-refractivity contribution is -0.151. The standard InChI is InChI=1S/C31H41ClN2O6.2C2H6/c1-19(2)27(36)33-18-20(3)17-30(4,5)26(28(37)39-8)34-29(38)31(6,7)40-24-15-11-22(12-16-24)25(35)21-9-13-23(32)14-10-21;2*1-2/h9-16,19-20,26H,17-18H2,1-8H3,(H,33,36)(H,34,38);2*1-2H3. The van der Waals surface area contributed by atoms with E-state index in [0.29, 0.717) is 34.9 Å². The van der Waals surface area contributed by atoms with Crippen molar-refractivity contribution in [2.24, 2.45) is 17.3 Å². The van der Waals surface area contributed by atoms with Gasteiger partial charge in [0.2, 0.25) is 5.91 Å². The zero-order valence-corrected chi connectivity index (χ0v) is 29.3. The van der Waals surface area contributed by atoms with Crippen molar-refractivity contribution in [1.82, 2.24) is 10.6 Å². The lowest BCUT2D eigenvalue weighted by atomic mass is 9.76. The normalized spacial score (nSPS) is 12.3. The number of amides is 2. The van der Waals surface area contributed by atoms with Crippen LogP contribution >= 0.6 is 11.6 Å². The molecule has 2 N–H and O–H groups in total. The molecule has 2 rings (SSSR count). The Labute approximate surface area is 269 Å². The number of rotatable bonds is 13. The number of nitrogens with one attached hydrogen (secondary N) is 2. The molecule has 246 valence electrons. The summed E-state index contributed by atoms with van der Waals surface area (Å²) < 4.78 is 11.0. The number of carbonyl (C=O) groups excluding carboxylic acids is 4. The molecule has 9 heteroatoms. The second kappa shape index (κ2) is 19.1. The van der Waals surface area contributed by atoms with E-state index in [4.69, 9.17) is 21.1 Å². The molecular weight excluding hydrogens is 580 g/mol. The summed E-state index contributed by atoms with van der Waals surface area (Å²) in [7, 11) is 1.28. The van der Waals surface area contributed by atoms with E-state index in [9.17, 15) is 19.2 Å². The minimum atomic E-state index is -1.35. The molecule has 0 saturated heterocycles. The Hall–Kier alpha value is -3.39. The molecule has 0 aromatic heterocycles. The summed E-state index contributed by atoms with van der Waals surface area (Å²) in [5.74, 6) is -0.971. The van der Waals surface area contributed by atoms with Gasteiger partial charge in [0.25, 0.3) is 5.91 Å². The highest BCUT2D eigenvalue weighted by molar-refractivity contribution is 6.30. The van der Waals surface area contributed by atoms with Crippen LogP contribution in [-0.4, -0.2) is 48.9 Å². The maximum absolute atomic E-state index is 13.3. The predicted octanol–water partition coefficient (Wildman–Crippen LogP) is 7.26. The Bertz CT molecular complexity index is 1190. The van der Waals surface area contributed by atoms with E-state index in [1.807, 2.05) is 62.3 Å². The van der Waals surface area contributed by atoms with Crippen LogP contribution in [0.3, 0.4) is 0 Å². The highest BCUT2D eigenvalue weighted by Crippen LogP contribution is 2.31. The van der Waals surface area contributed by atoms with Crippen LogP contribution < -0.4 is 15.4 Å². The molecule has 2 aromatic rings. The largest absolute Gasteiger partial charge is 0.478 e. The van der Waals surface area contributed by atoms with E-state index in [1.165, 1.54) is 7.11 Å². The van der Waals surface area contributed by atoms with Gasteiger partial charge in [0.15, 0.2) is 11.4 Å². The van der Waals surface area contributed by atoms with Crippen LogP contribution in [0.15, 0.2) is 48.5 Å². The van der Waals surface area contributed by atoms with Crippen molar-refractivity contribution in [2.75, 3.05) is 13.7 Å². The van der Waals surface area contributed by atoms with Gasteiger partial charge in [-0.2, -0.15) is 0 Å². The van der Waals surface area contributed by atoms with E-state index in [-0.39, 0.29) is 23.5 Å². The summed E-state index contributed by atoms with van der Waals surface area (Å²) in [5.41, 5.74) is -1.07. The fourth-order valence-corrected chi connectivity index (χ4v) is 4.47. The molecule has 2 unspecified atom stereocenters. The first-order valence-electron chi connectivity index (χ1n) is 15.3. The van der Waals surface area contributed by atoms with Gasteiger partial charge in [-0.3, -0.25) is 14.4 Å². The number of esters is 1. The van der Waals surface area contributed by atoms with Gasteiger partial charge in [0.05, 0.1) is 7.11 Å². The van der Waals surface area contributed by atoms with Crippen molar-refractivity contribution in [1.29, 1.82) is 0 Å². The van der Waals surface area contributed by atoms with Gasteiger partial charge in [-0.15, -0.1) is 0 Å². The second-order valence-electron chi connectivity index (χ2n) is 11.6. The van der Waals surface area contributed by atoms with Crippen molar-refractivity contribution in [3.8, 4) is 5.75 Å². The first-order chi connectivity index (χ1) is 20.6. The number of halogens is 1. The lowest BCUT2D eigenvalue weighted by Gasteiger charge is -2.37. The van der Waals surface area contributed by atoms with Gasteiger partial charge in [-0.05, 0) is 80.1 Å². The van der Waals surface area contributed by atoms with E-state index in [1.54, 1.807) is 62.4 Å². The summed E-state index contributed by atoms with van der Waals surface area (Å²) in [4.78, 5) is 50.8. The highest BCUT2D eigenvalue weighted by atomic mass is 35.5. The second-order valence-corrected chi connectivity index (χ2v) is 12.0. The van der Waals surface area contributed by atoms with Crippen LogP contribution in [0, 0.1) is 17.3 Å². The van der Waals surface area contributed by atoms with E-state index >= 15 is 0 Å². The Morgan fingerprint density at radius 2 is 1.30 bits per heavy atom. The van der Waals surface area contributed by atoms with Crippen molar-refractivity contribution in [2.45, 2.75) is 94.2 Å². The van der Waals surface area contributed by atoms with Gasteiger partial charge < -0.3 is 20.1 Å². The number of ether oxygens (including phenoxy) is 2. The monoisotopic (exact) mass is 632 g/mol. The smallest absolute Gasteiger partial charge is 0.328 e. The predicted molar refractivity (Wildman–Crippen MR) is 178 cm³/mol. The molecule has 0 saturated carbocycles. The Morgan fingerprint density at radius 1 is 0.818 bits per heavy atom. The molecule has 0 fully saturated rings. The Morgan fingerprint density at radius 3 is 1.75 bits per heavy atom. The lowest BCUT2D eigenvalue weighted by Crippen LogP contribution is -2.57. The SMILES string of the molecule is CC.CC.COC(=O)C(NC(=O)C(C)(C)Oc1ccc(C(=O)c2ccc(Cl)cc2)cc1)C(C)(C)CC(C)CNC(=O)C(C)C. The summed E-state index contributed by atoms with van der Waals surface area (Å²) >= 11 is 5.91. The van der Waals surface area contributed by atoms with E-state index in [2.05, 4.69) is 10.6 Å². The van der Waals surface area contributed by atoms with Gasteiger partial charge in [0.1, 0.15) is 11.8 Å². The summed E-state index contributed by atoms with van der Waals surface area (Å²) in [6.07, 6.45) is 0.538. The number of hydrogen-bond donors (Lipinski definition) is 2. The minimum absolute atomic E-state index is 0.0382. The third kappa shape index (κ3) is 12.7. The van der Waals surface area contributed by atoms with Crippen LogP contribution in [0.1, 0.15) is 98.5 Å². The summed E-state index contributed by atoms with van der Waals surface area (Å²) in [6.45, 7) is 21.0. The summed E-state index contributed by atoms with van der Waals surface area (Å²) in [6, 6.07) is 12.2. The Kier molecular flexibility index (Phi) is 17.6. The van der Waals surface area contributed by atoms with Crippen LogP contribution in [0.25, 0.3) is 0 Å². The first kappa shape index (κ1) is 40.6. The average molecular weight is 633 g/mol. The van der Waals surface area contributed by atoms with Gasteiger partial charge in [-0.25, -0.2) is 4.79 Å². The molecular formula is C35H53ClN2O6. The van der Waals surface area contributed by atoms with Crippen LogP contribution in [-0.2, 0) is 19.1 Å². The Balaban J connectivity index is 0.00000443. The third-order valence-corrected chi connectivity index (χ3v) is 6.91. The minimum Gasteiger partial charge on any atom is -0.478 e.